The monoisotopic (exact) mass is 536 g/mol. The van der Waals surface area contributed by atoms with Crippen LogP contribution in [-0.2, 0) is 16.0 Å². The van der Waals surface area contributed by atoms with E-state index in [2.05, 4.69) is 23.0 Å². The van der Waals surface area contributed by atoms with Gasteiger partial charge in [0.2, 0.25) is 0 Å². The molecule has 0 aliphatic carbocycles. The first-order chi connectivity index (χ1) is 17.8. The number of carbonyl (C=O) groups excluding carboxylic acids is 3. The minimum Gasteiger partial charge on any atom is -0.320 e. The van der Waals surface area contributed by atoms with Gasteiger partial charge in [-0.3, -0.25) is 19.8 Å². The van der Waals surface area contributed by atoms with Crippen molar-refractivity contribution in [3.8, 4) is 0 Å². The predicted octanol–water partition coefficient (Wildman–Crippen LogP) is 6.56. The fraction of sp³-hybridized carbons (Fsp3) is 0.179. The molecule has 4 rings (SSSR count). The molecule has 0 fully saturated rings. The van der Waals surface area contributed by atoms with E-state index in [9.17, 15) is 14.4 Å². The van der Waals surface area contributed by atoms with E-state index in [-0.39, 0.29) is 5.69 Å². The van der Waals surface area contributed by atoms with Crippen LogP contribution in [0.15, 0.2) is 66.7 Å². The molecule has 3 aromatic carbocycles. The first-order valence-electron chi connectivity index (χ1n) is 11.9. The third-order valence-corrected chi connectivity index (χ3v) is 6.61. The van der Waals surface area contributed by atoms with Crippen LogP contribution in [0.1, 0.15) is 41.4 Å². The van der Waals surface area contributed by atoms with Gasteiger partial charge < -0.3 is 10.6 Å². The van der Waals surface area contributed by atoms with Crippen molar-refractivity contribution in [2.75, 3.05) is 16.1 Å². The molecule has 4 aromatic rings. The SMILES string of the molecule is CCCCc1ccc(NC(=O)C(=O)Nn2c(C(=O)Nc3cccc(Cl)c3C)cc3cc(Cl)ccc32)cc1. The normalized spacial score (nSPS) is 10.8. The van der Waals surface area contributed by atoms with E-state index in [0.29, 0.717) is 37.9 Å². The van der Waals surface area contributed by atoms with Gasteiger partial charge in [0, 0.05) is 26.8 Å². The highest BCUT2D eigenvalue weighted by molar-refractivity contribution is 6.42. The van der Waals surface area contributed by atoms with E-state index < -0.39 is 17.7 Å². The first kappa shape index (κ1) is 26.3. The van der Waals surface area contributed by atoms with Crippen LogP contribution in [0.4, 0.5) is 11.4 Å². The van der Waals surface area contributed by atoms with Gasteiger partial charge in [0.15, 0.2) is 0 Å². The number of nitrogens with one attached hydrogen (secondary N) is 3. The number of nitrogens with zero attached hydrogens (tertiary/aromatic N) is 1. The first-order valence-corrected chi connectivity index (χ1v) is 12.6. The highest BCUT2D eigenvalue weighted by Crippen LogP contribution is 2.26. The molecule has 0 spiro atoms. The molecule has 0 aliphatic rings. The number of hydrogen-bond acceptors (Lipinski definition) is 3. The van der Waals surface area contributed by atoms with Gasteiger partial charge in [0.1, 0.15) is 5.69 Å². The number of halogens is 2. The quantitative estimate of drug-likeness (QED) is 0.233. The molecule has 0 aliphatic heterocycles. The molecule has 190 valence electrons. The summed E-state index contributed by atoms with van der Waals surface area (Å²) in [5, 5.41) is 7.00. The molecule has 0 atom stereocenters. The zero-order valence-corrected chi connectivity index (χ0v) is 21.9. The summed E-state index contributed by atoms with van der Waals surface area (Å²) in [6, 6.07) is 19.1. The van der Waals surface area contributed by atoms with Gasteiger partial charge in [0.05, 0.1) is 5.52 Å². The Morgan fingerprint density at radius 2 is 1.65 bits per heavy atom. The molecule has 1 aromatic heterocycles. The average Bonchev–Trinajstić information content (AvgIpc) is 3.23. The van der Waals surface area contributed by atoms with Crippen LogP contribution >= 0.6 is 23.2 Å². The van der Waals surface area contributed by atoms with Crippen LogP contribution in [-0.4, -0.2) is 22.4 Å². The second kappa shape index (κ2) is 11.5. The summed E-state index contributed by atoms with van der Waals surface area (Å²) in [6.45, 7) is 3.92. The smallest absolute Gasteiger partial charge is 0.320 e. The zero-order chi connectivity index (χ0) is 26.5. The molecule has 7 nitrogen and oxygen atoms in total. The molecule has 3 N–H and O–H groups in total. The molecular formula is C28H26Cl2N4O3. The Morgan fingerprint density at radius 1 is 0.892 bits per heavy atom. The van der Waals surface area contributed by atoms with E-state index in [0.717, 1.165) is 24.8 Å². The van der Waals surface area contributed by atoms with Crippen molar-refractivity contribution in [3.05, 3.63) is 93.6 Å². The molecule has 0 unspecified atom stereocenters. The fourth-order valence-corrected chi connectivity index (χ4v) is 4.23. The van der Waals surface area contributed by atoms with E-state index >= 15 is 0 Å². The van der Waals surface area contributed by atoms with Crippen molar-refractivity contribution >= 4 is 63.2 Å². The van der Waals surface area contributed by atoms with Gasteiger partial charge in [-0.15, -0.1) is 0 Å². The van der Waals surface area contributed by atoms with Crippen molar-refractivity contribution in [1.29, 1.82) is 0 Å². The molecule has 0 bridgehead atoms. The van der Waals surface area contributed by atoms with Crippen LogP contribution in [0.2, 0.25) is 10.0 Å². The van der Waals surface area contributed by atoms with Crippen LogP contribution in [0.25, 0.3) is 10.9 Å². The number of aromatic nitrogens is 1. The minimum atomic E-state index is -0.935. The second-order valence-corrected chi connectivity index (χ2v) is 9.47. The summed E-state index contributed by atoms with van der Waals surface area (Å²) in [5.74, 6) is -2.30. The molecule has 3 amide bonds. The lowest BCUT2D eigenvalue weighted by Gasteiger charge is -2.14. The zero-order valence-electron chi connectivity index (χ0n) is 20.4. The topological polar surface area (TPSA) is 92.2 Å². The molecule has 0 saturated carbocycles. The number of amides is 3. The number of aryl methyl sites for hydroxylation is 1. The fourth-order valence-electron chi connectivity index (χ4n) is 3.88. The Labute approximate surface area is 224 Å². The van der Waals surface area contributed by atoms with E-state index in [1.54, 1.807) is 61.5 Å². The maximum atomic E-state index is 13.2. The maximum Gasteiger partial charge on any atom is 0.328 e. The number of hydrogen-bond donors (Lipinski definition) is 3. The summed E-state index contributed by atoms with van der Waals surface area (Å²) in [5.41, 5.74) is 6.04. The number of carbonyl (C=O) groups is 3. The van der Waals surface area contributed by atoms with Crippen LogP contribution in [0.3, 0.4) is 0 Å². The summed E-state index contributed by atoms with van der Waals surface area (Å²) < 4.78 is 1.27. The van der Waals surface area contributed by atoms with Gasteiger partial charge in [-0.25, -0.2) is 4.68 Å². The van der Waals surface area contributed by atoms with Crippen molar-refractivity contribution in [2.45, 2.75) is 33.1 Å². The van der Waals surface area contributed by atoms with Gasteiger partial charge in [-0.1, -0.05) is 54.7 Å². The van der Waals surface area contributed by atoms with Crippen molar-refractivity contribution < 1.29 is 14.4 Å². The summed E-state index contributed by atoms with van der Waals surface area (Å²) in [6.07, 6.45) is 3.13. The average molecular weight is 537 g/mol. The Balaban J connectivity index is 1.56. The third-order valence-electron chi connectivity index (χ3n) is 5.96. The van der Waals surface area contributed by atoms with Crippen molar-refractivity contribution in [2.24, 2.45) is 0 Å². The minimum absolute atomic E-state index is 0.109. The highest BCUT2D eigenvalue weighted by atomic mass is 35.5. The summed E-state index contributed by atoms with van der Waals surface area (Å²) in [4.78, 5) is 38.8. The molecule has 0 radical (unpaired) electrons. The molecule has 0 saturated heterocycles. The lowest BCUT2D eigenvalue weighted by Crippen LogP contribution is -2.36. The van der Waals surface area contributed by atoms with Gasteiger partial charge in [0.25, 0.3) is 5.91 Å². The van der Waals surface area contributed by atoms with E-state index in [1.165, 1.54) is 4.68 Å². The number of unbranched alkanes of at least 4 members (excludes halogenated alkanes) is 1. The lowest BCUT2D eigenvalue weighted by molar-refractivity contribution is -0.133. The summed E-state index contributed by atoms with van der Waals surface area (Å²) in [7, 11) is 0. The number of fused-ring (bicyclic) bond motifs is 1. The van der Waals surface area contributed by atoms with Crippen LogP contribution < -0.4 is 16.1 Å². The van der Waals surface area contributed by atoms with Crippen molar-refractivity contribution in [3.63, 3.8) is 0 Å². The van der Waals surface area contributed by atoms with Crippen molar-refractivity contribution in [1.82, 2.24) is 4.68 Å². The van der Waals surface area contributed by atoms with Crippen LogP contribution in [0.5, 0.6) is 0 Å². The Bertz CT molecular complexity index is 1480. The van der Waals surface area contributed by atoms with Crippen LogP contribution in [0, 0.1) is 6.92 Å². The predicted molar refractivity (Wildman–Crippen MR) is 149 cm³/mol. The van der Waals surface area contributed by atoms with Gasteiger partial charge >= 0.3 is 11.8 Å². The number of rotatable bonds is 7. The highest BCUT2D eigenvalue weighted by Gasteiger charge is 2.22. The third kappa shape index (κ3) is 6.13. The molecular weight excluding hydrogens is 511 g/mol. The number of benzene rings is 3. The van der Waals surface area contributed by atoms with Gasteiger partial charge in [-0.2, -0.15) is 0 Å². The standard InChI is InChI=1S/C28H26Cl2N4O3/c1-3-4-6-18-9-12-21(13-10-18)31-27(36)28(37)33-34-24-14-11-20(29)15-19(24)16-25(34)26(35)32-23-8-5-7-22(30)17(23)2/h5,7-16H,3-4,6H2,1-2H3,(H,31,36)(H,32,35)(H,33,37). The van der Waals surface area contributed by atoms with Gasteiger partial charge in [-0.05, 0) is 79.4 Å². The largest absolute Gasteiger partial charge is 0.328 e. The van der Waals surface area contributed by atoms with E-state index in [1.807, 2.05) is 12.1 Å². The Hall–Kier alpha value is -3.81. The lowest BCUT2D eigenvalue weighted by atomic mass is 10.1. The summed E-state index contributed by atoms with van der Waals surface area (Å²) >= 11 is 12.3. The molecule has 37 heavy (non-hydrogen) atoms. The Kier molecular flexibility index (Phi) is 8.16. The second-order valence-electron chi connectivity index (χ2n) is 8.63. The molecule has 1 heterocycles. The maximum absolute atomic E-state index is 13.2. The Morgan fingerprint density at radius 3 is 2.38 bits per heavy atom. The molecule has 9 heteroatoms. The van der Waals surface area contributed by atoms with E-state index in [4.69, 9.17) is 23.2 Å². The number of anilines is 2.